The minimum absolute atomic E-state index is 0.136. The van der Waals surface area contributed by atoms with Crippen LogP contribution < -0.4 is 10.1 Å². The Labute approximate surface area is 165 Å². The van der Waals surface area contributed by atoms with Crippen molar-refractivity contribution in [1.82, 2.24) is 10.2 Å². The van der Waals surface area contributed by atoms with Crippen molar-refractivity contribution in [3.05, 3.63) is 65.2 Å². The van der Waals surface area contributed by atoms with Gasteiger partial charge in [0.1, 0.15) is 11.8 Å². The molecular weight excluding hydrogens is 364 g/mol. The minimum Gasteiger partial charge on any atom is -0.484 e. The van der Waals surface area contributed by atoms with E-state index in [9.17, 15) is 9.59 Å². The van der Waals surface area contributed by atoms with E-state index < -0.39 is 6.04 Å². The molecule has 0 aliphatic heterocycles. The van der Waals surface area contributed by atoms with Gasteiger partial charge >= 0.3 is 0 Å². The zero-order valence-corrected chi connectivity index (χ0v) is 16.4. The molecule has 1 atom stereocenters. The molecule has 2 amide bonds. The van der Waals surface area contributed by atoms with Crippen LogP contribution in [0.2, 0.25) is 5.02 Å². The van der Waals surface area contributed by atoms with Crippen LogP contribution in [0.5, 0.6) is 5.75 Å². The molecule has 0 radical (unpaired) electrons. The number of ether oxygens (including phenoxy) is 1. The molecule has 2 aromatic rings. The highest BCUT2D eigenvalue weighted by Crippen LogP contribution is 2.15. The summed E-state index contributed by atoms with van der Waals surface area (Å²) in [6.45, 7) is 4.45. The van der Waals surface area contributed by atoms with Crippen LogP contribution in [0, 0.1) is 0 Å². The predicted octanol–water partition coefficient (Wildman–Crippen LogP) is 3.66. The lowest BCUT2D eigenvalue weighted by molar-refractivity contribution is -0.142. The first kappa shape index (κ1) is 20.8. The maximum Gasteiger partial charge on any atom is 0.261 e. The van der Waals surface area contributed by atoms with Gasteiger partial charge in [0.05, 0.1) is 0 Å². The van der Waals surface area contributed by atoms with E-state index in [1.54, 1.807) is 31.2 Å². The molecule has 0 spiro atoms. The summed E-state index contributed by atoms with van der Waals surface area (Å²) in [7, 11) is 0. The highest BCUT2D eigenvalue weighted by molar-refractivity contribution is 6.30. The molecule has 0 aromatic heterocycles. The maximum absolute atomic E-state index is 12.8. The van der Waals surface area contributed by atoms with Crippen LogP contribution in [0.4, 0.5) is 0 Å². The summed E-state index contributed by atoms with van der Waals surface area (Å²) in [4.78, 5) is 26.7. The molecule has 0 aliphatic rings. The second kappa shape index (κ2) is 10.6. The van der Waals surface area contributed by atoms with E-state index in [0.717, 1.165) is 12.0 Å². The van der Waals surface area contributed by atoms with Gasteiger partial charge in [-0.2, -0.15) is 0 Å². The summed E-state index contributed by atoms with van der Waals surface area (Å²) in [5, 5.41) is 3.46. The van der Waals surface area contributed by atoms with Gasteiger partial charge in [-0.25, -0.2) is 0 Å². The maximum atomic E-state index is 12.8. The molecule has 5 nitrogen and oxygen atoms in total. The zero-order chi connectivity index (χ0) is 19.6. The van der Waals surface area contributed by atoms with E-state index in [4.69, 9.17) is 16.3 Å². The average Bonchev–Trinajstić information content (AvgIpc) is 2.70. The topological polar surface area (TPSA) is 58.6 Å². The summed E-state index contributed by atoms with van der Waals surface area (Å²) in [5.74, 6) is 0.173. The largest absolute Gasteiger partial charge is 0.484 e. The zero-order valence-electron chi connectivity index (χ0n) is 15.7. The van der Waals surface area contributed by atoms with Gasteiger partial charge in [0.25, 0.3) is 5.91 Å². The van der Waals surface area contributed by atoms with Crippen molar-refractivity contribution in [2.75, 3.05) is 13.2 Å². The third-order valence-corrected chi connectivity index (χ3v) is 4.34. The number of carbonyl (C=O) groups is 2. The highest BCUT2D eigenvalue weighted by atomic mass is 35.5. The first-order valence-electron chi connectivity index (χ1n) is 9.00. The lowest BCUT2D eigenvalue weighted by Crippen LogP contribution is -2.49. The Morgan fingerprint density at radius 1 is 1.11 bits per heavy atom. The Morgan fingerprint density at radius 2 is 1.78 bits per heavy atom. The van der Waals surface area contributed by atoms with E-state index in [0.29, 0.717) is 23.9 Å². The number of hydrogen-bond acceptors (Lipinski definition) is 3. The second-order valence-corrected chi connectivity index (χ2v) is 6.65. The van der Waals surface area contributed by atoms with E-state index in [2.05, 4.69) is 5.32 Å². The number of carbonyl (C=O) groups excluding carboxylic acids is 2. The summed E-state index contributed by atoms with van der Waals surface area (Å²) < 4.78 is 5.57. The van der Waals surface area contributed by atoms with Crippen molar-refractivity contribution < 1.29 is 14.3 Å². The fraction of sp³-hybridized carbons (Fsp3) is 0.333. The van der Waals surface area contributed by atoms with Crippen LogP contribution >= 0.6 is 11.6 Å². The molecule has 0 bridgehead atoms. The SMILES string of the molecule is CCCNC(=O)[C@@H](C)N(Cc1ccc(Cl)cc1)C(=O)COc1ccccc1. The Balaban J connectivity index is 2.10. The fourth-order valence-electron chi connectivity index (χ4n) is 2.51. The molecule has 144 valence electrons. The van der Waals surface area contributed by atoms with E-state index in [-0.39, 0.29) is 18.4 Å². The number of halogens is 1. The predicted molar refractivity (Wildman–Crippen MR) is 107 cm³/mol. The number of amides is 2. The van der Waals surface area contributed by atoms with Gasteiger partial charge < -0.3 is 15.0 Å². The van der Waals surface area contributed by atoms with Gasteiger partial charge in [-0.05, 0) is 43.2 Å². The molecule has 0 heterocycles. The van der Waals surface area contributed by atoms with Crippen molar-refractivity contribution in [2.24, 2.45) is 0 Å². The van der Waals surface area contributed by atoms with Crippen LogP contribution in [-0.2, 0) is 16.1 Å². The smallest absolute Gasteiger partial charge is 0.261 e. The van der Waals surface area contributed by atoms with Gasteiger partial charge in [0.15, 0.2) is 6.61 Å². The normalized spacial score (nSPS) is 11.5. The van der Waals surface area contributed by atoms with Crippen LogP contribution in [-0.4, -0.2) is 35.9 Å². The summed E-state index contributed by atoms with van der Waals surface area (Å²) in [6.07, 6.45) is 0.834. The molecule has 0 saturated heterocycles. The van der Waals surface area contributed by atoms with Gasteiger partial charge in [0.2, 0.25) is 5.91 Å². The van der Waals surface area contributed by atoms with Gasteiger partial charge in [0, 0.05) is 18.1 Å². The van der Waals surface area contributed by atoms with Crippen molar-refractivity contribution >= 4 is 23.4 Å². The first-order chi connectivity index (χ1) is 13.0. The summed E-state index contributed by atoms with van der Waals surface area (Å²) in [5.41, 5.74) is 0.891. The highest BCUT2D eigenvalue weighted by Gasteiger charge is 2.26. The number of nitrogens with one attached hydrogen (secondary N) is 1. The standard InChI is InChI=1S/C21H25ClN2O3/c1-3-13-23-21(26)16(2)24(14-17-9-11-18(22)12-10-17)20(25)15-27-19-7-5-4-6-8-19/h4-12,16H,3,13-15H2,1-2H3,(H,23,26)/t16-/m1/s1. The molecule has 2 rings (SSSR count). The van der Waals surface area contributed by atoms with Crippen LogP contribution in [0.25, 0.3) is 0 Å². The number of nitrogens with zero attached hydrogens (tertiary/aromatic N) is 1. The van der Waals surface area contributed by atoms with Crippen LogP contribution in [0.15, 0.2) is 54.6 Å². The molecule has 27 heavy (non-hydrogen) atoms. The van der Waals surface area contributed by atoms with Crippen LogP contribution in [0.3, 0.4) is 0 Å². The van der Waals surface area contributed by atoms with E-state index in [1.807, 2.05) is 37.3 Å². The second-order valence-electron chi connectivity index (χ2n) is 6.22. The summed E-state index contributed by atoms with van der Waals surface area (Å²) in [6, 6.07) is 15.7. The third-order valence-electron chi connectivity index (χ3n) is 4.09. The van der Waals surface area contributed by atoms with Crippen LogP contribution in [0.1, 0.15) is 25.8 Å². The van der Waals surface area contributed by atoms with Gasteiger partial charge in [-0.15, -0.1) is 0 Å². The molecule has 1 N–H and O–H groups in total. The molecule has 0 fully saturated rings. The van der Waals surface area contributed by atoms with E-state index in [1.165, 1.54) is 4.90 Å². The third kappa shape index (κ3) is 6.61. The van der Waals surface area contributed by atoms with Crippen molar-refractivity contribution in [3.8, 4) is 5.75 Å². The minimum atomic E-state index is -0.612. The lowest BCUT2D eigenvalue weighted by Gasteiger charge is -2.28. The van der Waals surface area contributed by atoms with Crippen molar-refractivity contribution in [2.45, 2.75) is 32.9 Å². The molecule has 2 aromatic carbocycles. The average molecular weight is 389 g/mol. The number of rotatable bonds is 9. The summed E-state index contributed by atoms with van der Waals surface area (Å²) >= 11 is 5.93. The molecule has 0 unspecified atom stereocenters. The number of para-hydroxylation sites is 1. The Morgan fingerprint density at radius 3 is 2.41 bits per heavy atom. The van der Waals surface area contributed by atoms with E-state index >= 15 is 0 Å². The lowest BCUT2D eigenvalue weighted by atomic mass is 10.1. The Bertz CT molecular complexity index is 735. The quantitative estimate of drug-likeness (QED) is 0.713. The Hall–Kier alpha value is -2.53. The molecule has 0 saturated carbocycles. The monoisotopic (exact) mass is 388 g/mol. The van der Waals surface area contributed by atoms with Crippen molar-refractivity contribution in [3.63, 3.8) is 0 Å². The molecular formula is C21H25ClN2O3. The molecule has 6 heteroatoms. The fourth-order valence-corrected chi connectivity index (χ4v) is 2.64. The Kier molecular flexibility index (Phi) is 8.14. The van der Waals surface area contributed by atoms with Gasteiger partial charge in [-0.1, -0.05) is 48.9 Å². The number of hydrogen-bond donors (Lipinski definition) is 1. The first-order valence-corrected chi connectivity index (χ1v) is 9.38. The van der Waals surface area contributed by atoms with Gasteiger partial charge in [-0.3, -0.25) is 9.59 Å². The molecule has 0 aliphatic carbocycles. The number of benzene rings is 2. The van der Waals surface area contributed by atoms with Crippen molar-refractivity contribution in [1.29, 1.82) is 0 Å².